The minimum atomic E-state index is -1.18. The second-order valence-electron chi connectivity index (χ2n) is 9.16. The Hall–Kier alpha value is -3.67. The molecule has 1 aliphatic heterocycles. The van der Waals surface area contributed by atoms with Gasteiger partial charge in [-0.1, -0.05) is 5.21 Å². The first-order chi connectivity index (χ1) is 18.5. The van der Waals surface area contributed by atoms with Crippen LogP contribution in [0.2, 0.25) is 0 Å². The molecule has 17 heteroatoms. The molecule has 0 unspecified atom stereocenters. The normalized spacial score (nSPS) is 17.1. The molecule has 2 heterocycles. The maximum absolute atomic E-state index is 12.6. The van der Waals surface area contributed by atoms with Crippen molar-refractivity contribution in [2.45, 2.75) is 13.0 Å². The van der Waals surface area contributed by atoms with Crippen LogP contribution in [0.5, 0.6) is 0 Å². The van der Waals surface area contributed by atoms with Crippen LogP contribution in [-0.4, -0.2) is 170 Å². The Morgan fingerprint density at radius 2 is 1.10 bits per heavy atom. The first-order valence-corrected chi connectivity index (χ1v) is 12.5. The third kappa shape index (κ3) is 13.1. The van der Waals surface area contributed by atoms with Gasteiger partial charge in [-0.05, 0) is 6.42 Å². The van der Waals surface area contributed by atoms with Crippen LogP contribution in [0.1, 0.15) is 16.9 Å². The number of aliphatic carboxylic acids is 3. The first-order valence-electron chi connectivity index (χ1n) is 12.5. The lowest BCUT2D eigenvalue weighted by atomic mass is 10.3. The molecule has 0 atom stereocenters. The van der Waals surface area contributed by atoms with Crippen molar-refractivity contribution < 1.29 is 44.4 Å². The third-order valence-electron chi connectivity index (χ3n) is 6.02. The summed E-state index contributed by atoms with van der Waals surface area (Å²) in [6, 6.07) is 0. The van der Waals surface area contributed by atoms with E-state index in [0.29, 0.717) is 71.9 Å². The van der Waals surface area contributed by atoms with Crippen LogP contribution in [0, 0.1) is 0 Å². The molecule has 0 saturated carbocycles. The number of amides is 1. The lowest BCUT2D eigenvalue weighted by Gasteiger charge is -2.32. The smallest absolute Gasteiger partial charge is 0.358 e. The Labute approximate surface area is 224 Å². The second-order valence-corrected chi connectivity index (χ2v) is 9.16. The largest absolute Gasteiger partial charge is 0.480 e. The van der Waals surface area contributed by atoms with E-state index in [9.17, 15) is 39.3 Å². The van der Waals surface area contributed by atoms with Crippen molar-refractivity contribution in [1.82, 2.24) is 39.9 Å². The van der Waals surface area contributed by atoms with E-state index in [1.165, 1.54) is 10.9 Å². The Bertz CT molecular complexity index is 956. The molecule has 17 nitrogen and oxygen atoms in total. The summed E-state index contributed by atoms with van der Waals surface area (Å²) in [5.74, 6) is -4.52. The second kappa shape index (κ2) is 16.3. The van der Waals surface area contributed by atoms with Gasteiger partial charge >= 0.3 is 23.9 Å². The number of aromatic carboxylic acids is 1. The predicted octanol–water partition coefficient (Wildman–Crippen LogP) is -3.04. The van der Waals surface area contributed by atoms with Crippen LogP contribution in [0.4, 0.5) is 0 Å². The number of carboxylic acid groups (broad SMARTS) is 4. The maximum Gasteiger partial charge on any atom is 0.358 e. The summed E-state index contributed by atoms with van der Waals surface area (Å²) in [5, 5.41) is 46.7. The van der Waals surface area contributed by atoms with Crippen LogP contribution in [0.25, 0.3) is 0 Å². The number of aromatic nitrogens is 3. The molecule has 218 valence electrons. The number of carbonyl (C=O) groups excluding carboxylic acids is 1. The monoisotopic (exact) mass is 556 g/mol. The van der Waals surface area contributed by atoms with Gasteiger partial charge in [0.25, 0.3) is 0 Å². The van der Waals surface area contributed by atoms with E-state index < -0.39 is 23.9 Å². The van der Waals surface area contributed by atoms with E-state index in [1.54, 1.807) is 14.7 Å². The molecule has 1 amide bonds. The summed E-state index contributed by atoms with van der Waals surface area (Å²) in [6.45, 7) is 2.46. The van der Waals surface area contributed by atoms with Crippen molar-refractivity contribution in [2.24, 2.45) is 0 Å². The van der Waals surface area contributed by atoms with Gasteiger partial charge in [-0.25, -0.2) is 4.79 Å². The van der Waals surface area contributed by atoms with Crippen molar-refractivity contribution in [3.8, 4) is 0 Å². The van der Waals surface area contributed by atoms with Crippen molar-refractivity contribution in [3.63, 3.8) is 0 Å². The highest BCUT2D eigenvalue weighted by molar-refractivity contribution is 5.84. The molecular formula is C22H36N8O9. The Morgan fingerprint density at radius 3 is 1.46 bits per heavy atom. The standard InChI is InChI=1S/C22H36N8O9/c31-18(23-2-1-3-30-12-17(22(38)39)24-25-30)13-26-4-6-27(14-19(32)33)8-10-29(16-21(36)37)11-9-28(7-5-26)15-20(34)35/h12H,1-11,13-16H2,(H,23,31)(H,32,33)(H,34,35)(H,36,37)(H,38,39). The van der Waals surface area contributed by atoms with Crippen molar-refractivity contribution in [3.05, 3.63) is 11.9 Å². The topological polar surface area (TPSA) is 222 Å². The van der Waals surface area contributed by atoms with Gasteiger partial charge in [-0.2, -0.15) is 0 Å². The van der Waals surface area contributed by atoms with Crippen molar-refractivity contribution >= 4 is 29.8 Å². The molecule has 1 aromatic rings. The Kier molecular flexibility index (Phi) is 13.2. The van der Waals surface area contributed by atoms with E-state index in [-0.39, 0.29) is 37.8 Å². The average molecular weight is 557 g/mol. The molecular weight excluding hydrogens is 520 g/mol. The molecule has 1 fully saturated rings. The fourth-order valence-electron chi connectivity index (χ4n) is 4.02. The number of nitrogens with one attached hydrogen (secondary N) is 1. The summed E-state index contributed by atoms with van der Waals surface area (Å²) >= 11 is 0. The zero-order valence-electron chi connectivity index (χ0n) is 21.6. The van der Waals surface area contributed by atoms with Crippen LogP contribution in [0.15, 0.2) is 6.20 Å². The van der Waals surface area contributed by atoms with E-state index in [2.05, 4.69) is 15.6 Å². The molecule has 5 N–H and O–H groups in total. The van der Waals surface area contributed by atoms with Crippen molar-refractivity contribution in [2.75, 3.05) is 85.1 Å². The summed E-state index contributed by atoms with van der Waals surface area (Å²) in [6.07, 6.45) is 1.78. The summed E-state index contributed by atoms with van der Waals surface area (Å²) in [5.41, 5.74) is -0.169. The van der Waals surface area contributed by atoms with Gasteiger partial charge in [-0.3, -0.25) is 43.5 Å². The van der Waals surface area contributed by atoms with E-state index in [1.807, 2.05) is 4.90 Å². The first kappa shape index (κ1) is 31.5. The van der Waals surface area contributed by atoms with E-state index in [4.69, 9.17) is 5.11 Å². The number of carboxylic acids is 4. The SMILES string of the molecule is O=C(O)CN1CCN(CC(=O)O)CCN(CC(=O)NCCCn2cc(C(=O)O)nn2)CCN(CC(=O)O)CC1. The fourth-order valence-corrected chi connectivity index (χ4v) is 4.02. The van der Waals surface area contributed by atoms with Gasteiger partial charge in [-0.15, -0.1) is 5.10 Å². The molecule has 39 heavy (non-hydrogen) atoms. The molecule has 1 aliphatic rings. The average Bonchev–Trinajstić information content (AvgIpc) is 3.32. The predicted molar refractivity (Wildman–Crippen MR) is 133 cm³/mol. The number of carbonyl (C=O) groups is 5. The highest BCUT2D eigenvalue weighted by Crippen LogP contribution is 2.02. The lowest BCUT2D eigenvalue weighted by molar-refractivity contribution is -0.140. The number of hydrogen-bond acceptors (Lipinski definition) is 11. The van der Waals surface area contributed by atoms with Gasteiger partial charge in [0.2, 0.25) is 5.91 Å². The van der Waals surface area contributed by atoms with Gasteiger partial charge in [0.1, 0.15) is 0 Å². The summed E-state index contributed by atoms with van der Waals surface area (Å²) in [4.78, 5) is 64.3. The van der Waals surface area contributed by atoms with E-state index in [0.717, 1.165) is 0 Å². The molecule has 1 aromatic heterocycles. The molecule has 1 saturated heterocycles. The zero-order chi connectivity index (χ0) is 28.8. The van der Waals surface area contributed by atoms with Crippen LogP contribution in [0.3, 0.4) is 0 Å². The number of hydrogen-bond donors (Lipinski definition) is 5. The van der Waals surface area contributed by atoms with Crippen LogP contribution >= 0.6 is 0 Å². The Balaban J connectivity index is 1.96. The minimum absolute atomic E-state index is 0.0133. The minimum Gasteiger partial charge on any atom is -0.480 e. The number of aryl methyl sites for hydroxylation is 1. The zero-order valence-corrected chi connectivity index (χ0v) is 21.6. The lowest BCUT2D eigenvalue weighted by Crippen LogP contribution is -2.49. The van der Waals surface area contributed by atoms with Gasteiger partial charge in [0.15, 0.2) is 5.69 Å². The fraction of sp³-hybridized carbons (Fsp3) is 0.682. The van der Waals surface area contributed by atoms with Crippen LogP contribution in [-0.2, 0) is 25.7 Å². The van der Waals surface area contributed by atoms with Crippen molar-refractivity contribution in [1.29, 1.82) is 0 Å². The summed E-state index contributed by atoms with van der Waals surface area (Å²) < 4.78 is 1.37. The van der Waals surface area contributed by atoms with Gasteiger partial charge < -0.3 is 25.7 Å². The summed E-state index contributed by atoms with van der Waals surface area (Å²) in [7, 11) is 0. The van der Waals surface area contributed by atoms with Crippen LogP contribution < -0.4 is 5.32 Å². The molecule has 0 aliphatic carbocycles. The highest BCUT2D eigenvalue weighted by atomic mass is 16.4. The molecule has 0 bridgehead atoms. The molecule has 0 spiro atoms. The maximum atomic E-state index is 12.6. The van der Waals surface area contributed by atoms with E-state index >= 15 is 0 Å². The molecule has 2 rings (SSSR count). The number of rotatable bonds is 13. The Morgan fingerprint density at radius 1 is 0.692 bits per heavy atom. The highest BCUT2D eigenvalue weighted by Gasteiger charge is 2.21. The third-order valence-corrected chi connectivity index (χ3v) is 6.02. The quantitative estimate of drug-likeness (QED) is 0.152. The van der Waals surface area contributed by atoms with Gasteiger partial charge in [0.05, 0.1) is 32.4 Å². The number of nitrogens with zero attached hydrogens (tertiary/aromatic N) is 7. The molecule has 0 radical (unpaired) electrons. The molecule has 0 aromatic carbocycles. The van der Waals surface area contributed by atoms with Gasteiger partial charge in [0, 0.05) is 65.4 Å².